The van der Waals surface area contributed by atoms with E-state index in [4.69, 9.17) is 15.3 Å². The molecule has 0 heterocycles. The largest absolute Gasteiger partial charge is 0.463 e. The number of rotatable bonds is 1. The van der Waals surface area contributed by atoms with Gasteiger partial charge in [-0.2, -0.15) is 0 Å². The second kappa shape index (κ2) is 2.08. The smallest absolute Gasteiger partial charge is 0.397 e. The topological polar surface area (TPSA) is 87.0 Å². The van der Waals surface area contributed by atoms with E-state index >= 15 is 0 Å². The van der Waals surface area contributed by atoms with Crippen molar-refractivity contribution in [1.82, 2.24) is 0 Å². The summed E-state index contributed by atoms with van der Waals surface area (Å²) in [6.07, 6.45) is 0. The molecule has 5 heteroatoms. The Morgan fingerprint density at radius 2 is 1.88 bits per heavy atom. The Hall–Kier alpha value is -0.650. The van der Waals surface area contributed by atoms with Gasteiger partial charge < -0.3 is 20.1 Å². The maximum absolute atomic E-state index is 9.86. The van der Waals surface area contributed by atoms with E-state index in [9.17, 15) is 4.79 Å². The van der Waals surface area contributed by atoms with Crippen LogP contribution in [0.25, 0.3) is 0 Å². The normalized spacial score (nSPS) is 11.0. The molecule has 48 valence electrons. The van der Waals surface area contributed by atoms with Crippen molar-refractivity contribution in [2.75, 3.05) is 7.11 Å². The molecule has 8 heavy (non-hydrogen) atoms. The van der Waals surface area contributed by atoms with Crippen molar-refractivity contribution in [2.45, 2.75) is 5.97 Å². The molecule has 0 aromatic heterocycles. The van der Waals surface area contributed by atoms with Crippen LogP contribution in [0.5, 0.6) is 0 Å². The molecule has 5 nitrogen and oxygen atoms in total. The van der Waals surface area contributed by atoms with Gasteiger partial charge in [0.2, 0.25) is 0 Å². The SMILES string of the molecule is COC(=O)C(O)(O)O. The minimum absolute atomic E-state index is 0.916. The van der Waals surface area contributed by atoms with Crippen LogP contribution in [0.4, 0.5) is 0 Å². The fourth-order valence-corrected chi connectivity index (χ4v) is 0.137. The van der Waals surface area contributed by atoms with E-state index in [1.165, 1.54) is 0 Å². The number of ether oxygens (including phenoxy) is 1. The number of esters is 1. The third kappa shape index (κ3) is 1.87. The maximum atomic E-state index is 9.86. The zero-order valence-electron chi connectivity index (χ0n) is 4.16. The summed E-state index contributed by atoms with van der Waals surface area (Å²) >= 11 is 0. The molecule has 0 saturated heterocycles. The first-order chi connectivity index (χ1) is 3.48. The molecule has 0 rings (SSSR count). The lowest BCUT2D eigenvalue weighted by atomic mass is 10.6. The predicted octanol–water partition coefficient (Wildman–Crippen LogP) is -2.21. The highest BCUT2D eigenvalue weighted by molar-refractivity contribution is 5.74. The van der Waals surface area contributed by atoms with Gasteiger partial charge in [-0.05, 0) is 0 Å². The van der Waals surface area contributed by atoms with Gasteiger partial charge in [0.15, 0.2) is 0 Å². The van der Waals surface area contributed by atoms with Crippen LogP contribution in [0.1, 0.15) is 0 Å². The summed E-state index contributed by atoms with van der Waals surface area (Å²) < 4.78 is 3.73. The molecule has 0 unspecified atom stereocenters. The van der Waals surface area contributed by atoms with Crippen molar-refractivity contribution in [3.05, 3.63) is 0 Å². The maximum Gasteiger partial charge on any atom is 0.397 e. The lowest BCUT2D eigenvalue weighted by Crippen LogP contribution is -2.38. The van der Waals surface area contributed by atoms with Gasteiger partial charge in [0.25, 0.3) is 0 Å². The molecule has 0 aromatic rings. The van der Waals surface area contributed by atoms with E-state index in [-0.39, 0.29) is 0 Å². The minimum atomic E-state index is -3.35. The van der Waals surface area contributed by atoms with Crippen LogP contribution in [0.3, 0.4) is 0 Å². The quantitative estimate of drug-likeness (QED) is 0.271. The van der Waals surface area contributed by atoms with Crippen molar-refractivity contribution in [3.8, 4) is 0 Å². The molecule has 0 radical (unpaired) electrons. The Labute approximate surface area is 45.1 Å². The Morgan fingerprint density at radius 3 is 1.88 bits per heavy atom. The third-order valence-electron chi connectivity index (χ3n) is 0.459. The van der Waals surface area contributed by atoms with Crippen molar-refractivity contribution in [3.63, 3.8) is 0 Å². The first-order valence-electron chi connectivity index (χ1n) is 1.74. The number of carbonyl (C=O) groups excluding carboxylic acids is 1. The molecule has 0 amide bonds. The second-order valence-corrected chi connectivity index (χ2v) is 1.13. The van der Waals surface area contributed by atoms with Crippen LogP contribution in [0.15, 0.2) is 0 Å². The monoisotopic (exact) mass is 122 g/mol. The number of hydrogen-bond donors (Lipinski definition) is 3. The zero-order valence-corrected chi connectivity index (χ0v) is 4.16. The Morgan fingerprint density at radius 1 is 1.50 bits per heavy atom. The van der Waals surface area contributed by atoms with Crippen molar-refractivity contribution in [1.29, 1.82) is 0 Å². The van der Waals surface area contributed by atoms with E-state index < -0.39 is 11.9 Å². The fourth-order valence-electron chi connectivity index (χ4n) is 0.137. The third-order valence-corrected chi connectivity index (χ3v) is 0.459. The van der Waals surface area contributed by atoms with E-state index in [1.54, 1.807) is 0 Å². The first-order valence-corrected chi connectivity index (χ1v) is 1.74. The summed E-state index contributed by atoms with van der Waals surface area (Å²) in [6.45, 7) is 0. The molecule has 0 saturated carbocycles. The summed E-state index contributed by atoms with van der Waals surface area (Å²) in [7, 11) is 0.916. The highest BCUT2D eigenvalue weighted by Gasteiger charge is 2.30. The van der Waals surface area contributed by atoms with Crippen LogP contribution in [0.2, 0.25) is 0 Å². The lowest BCUT2D eigenvalue weighted by molar-refractivity contribution is -0.301. The Kier molecular flexibility index (Phi) is 1.91. The molecule has 0 aliphatic carbocycles. The van der Waals surface area contributed by atoms with Gasteiger partial charge in [-0.15, -0.1) is 0 Å². The molecule has 0 fully saturated rings. The first kappa shape index (κ1) is 7.35. The summed E-state index contributed by atoms with van der Waals surface area (Å²) in [6, 6.07) is 0. The van der Waals surface area contributed by atoms with Crippen LogP contribution in [0, 0.1) is 0 Å². The minimum Gasteiger partial charge on any atom is -0.463 e. The molecular formula is C3H6O5. The highest BCUT2D eigenvalue weighted by atomic mass is 16.7. The molecule has 0 aromatic carbocycles. The number of carbonyl (C=O) groups is 1. The molecule has 0 aliphatic rings. The Bertz CT molecular complexity index is 90.3. The molecule has 0 spiro atoms. The van der Waals surface area contributed by atoms with Gasteiger partial charge in [-0.25, -0.2) is 4.79 Å². The van der Waals surface area contributed by atoms with Gasteiger partial charge in [-0.3, -0.25) is 0 Å². The van der Waals surface area contributed by atoms with Crippen LogP contribution in [-0.2, 0) is 9.53 Å². The number of methoxy groups -OCH3 is 1. The average molecular weight is 122 g/mol. The summed E-state index contributed by atoms with van der Waals surface area (Å²) in [5, 5.41) is 23.8. The average Bonchev–Trinajstić information content (AvgIpc) is 1.62. The molecule has 0 atom stereocenters. The summed E-state index contributed by atoms with van der Waals surface area (Å²) in [5.41, 5.74) is 0. The molecular weight excluding hydrogens is 116 g/mol. The van der Waals surface area contributed by atoms with Gasteiger partial charge in [0.05, 0.1) is 7.11 Å². The fraction of sp³-hybridized carbons (Fsp3) is 0.667. The van der Waals surface area contributed by atoms with Crippen LogP contribution in [-0.4, -0.2) is 34.4 Å². The van der Waals surface area contributed by atoms with E-state index in [0.29, 0.717) is 0 Å². The van der Waals surface area contributed by atoms with Crippen molar-refractivity contribution in [2.24, 2.45) is 0 Å². The number of hydrogen-bond acceptors (Lipinski definition) is 5. The second-order valence-electron chi connectivity index (χ2n) is 1.13. The van der Waals surface area contributed by atoms with Crippen LogP contribution < -0.4 is 0 Å². The molecule has 0 aliphatic heterocycles. The van der Waals surface area contributed by atoms with Gasteiger partial charge in [0, 0.05) is 0 Å². The van der Waals surface area contributed by atoms with Gasteiger partial charge >= 0.3 is 11.9 Å². The molecule has 3 N–H and O–H groups in total. The molecule has 0 bridgehead atoms. The Balaban J connectivity index is 3.82. The van der Waals surface area contributed by atoms with Gasteiger partial charge in [0.1, 0.15) is 0 Å². The standard InChI is InChI=1S/C3H6O5/c1-8-2(4)3(5,6)7/h5-7H,1H3. The predicted molar refractivity (Wildman–Crippen MR) is 21.4 cm³/mol. The van der Waals surface area contributed by atoms with Crippen molar-refractivity contribution < 1.29 is 24.9 Å². The summed E-state index contributed by atoms with van der Waals surface area (Å²) in [4.78, 5) is 9.86. The number of aliphatic hydroxyl groups is 3. The summed E-state index contributed by atoms with van der Waals surface area (Å²) in [5.74, 6) is -4.85. The zero-order chi connectivity index (χ0) is 6.78. The van der Waals surface area contributed by atoms with Gasteiger partial charge in [-0.1, -0.05) is 0 Å². The van der Waals surface area contributed by atoms with E-state index in [2.05, 4.69) is 4.74 Å². The van der Waals surface area contributed by atoms with E-state index in [0.717, 1.165) is 7.11 Å². The van der Waals surface area contributed by atoms with E-state index in [1.807, 2.05) is 0 Å². The lowest BCUT2D eigenvalue weighted by Gasteiger charge is -2.08. The van der Waals surface area contributed by atoms with Crippen LogP contribution >= 0.6 is 0 Å². The van der Waals surface area contributed by atoms with Crippen molar-refractivity contribution >= 4 is 5.97 Å². The highest BCUT2D eigenvalue weighted by Crippen LogP contribution is 1.92.